The SMILES string of the molecule is CC(CO)OCC(C)OCC(O)C(C(=O)C(C)(C)C)C(=O)C(C)(C)C. The van der Waals surface area contributed by atoms with Gasteiger partial charge in [0, 0.05) is 10.8 Å². The number of Topliss-reactive ketones (excluding diaryl/α,β-unsaturated/α-hetero) is 2. The maximum Gasteiger partial charge on any atom is 0.151 e. The fraction of sp³-hybridized carbons (Fsp3) is 0.895. The molecule has 0 heterocycles. The molecule has 0 bridgehead atoms. The van der Waals surface area contributed by atoms with Gasteiger partial charge in [-0.3, -0.25) is 9.59 Å². The van der Waals surface area contributed by atoms with Crippen molar-refractivity contribution in [3.8, 4) is 0 Å². The molecule has 0 amide bonds. The summed E-state index contributed by atoms with van der Waals surface area (Å²) in [6.45, 7) is 13.9. The first kappa shape index (κ1) is 24.2. The number of carbonyl (C=O) groups is 2. The molecule has 0 radical (unpaired) electrons. The van der Waals surface area contributed by atoms with Gasteiger partial charge in [0.05, 0.1) is 38.1 Å². The van der Waals surface area contributed by atoms with Crippen molar-refractivity contribution in [1.82, 2.24) is 0 Å². The number of ether oxygens (including phenoxy) is 2. The van der Waals surface area contributed by atoms with Crippen LogP contribution in [-0.4, -0.2) is 59.9 Å². The fourth-order valence-corrected chi connectivity index (χ4v) is 2.16. The largest absolute Gasteiger partial charge is 0.394 e. The number of ketones is 2. The lowest BCUT2D eigenvalue weighted by Crippen LogP contribution is -2.47. The maximum atomic E-state index is 12.7. The van der Waals surface area contributed by atoms with Crippen LogP contribution in [-0.2, 0) is 19.1 Å². The molecule has 6 nitrogen and oxygen atoms in total. The summed E-state index contributed by atoms with van der Waals surface area (Å²) < 4.78 is 10.9. The Morgan fingerprint density at radius 2 is 1.24 bits per heavy atom. The van der Waals surface area contributed by atoms with Crippen molar-refractivity contribution >= 4 is 11.6 Å². The summed E-state index contributed by atoms with van der Waals surface area (Å²) in [7, 11) is 0. The van der Waals surface area contributed by atoms with E-state index >= 15 is 0 Å². The molecule has 0 aromatic carbocycles. The maximum absolute atomic E-state index is 12.7. The van der Waals surface area contributed by atoms with Gasteiger partial charge >= 0.3 is 0 Å². The first-order valence-electron chi connectivity index (χ1n) is 8.82. The zero-order valence-electron chi connectivity index (χ0n) is 17.0. The van der Waals surface area contributed by atoms with Gasteiger partial charge in [-0.15, -0.1) is 0 Å². The van der Waals surface area contributed by atoms with Crippen LogP contribution in [0.3, 0.4) is 0 Å². The minimum atomic E-state index is -1.21. The van der Waals surface area contributed by atoms with Crippen LogP contribution in [0.4, 0.5) is 0 Å². The topological polar surface area (TPSA) is 93.1 Å². The van der Waals surface area contributed by atoms with Crippen molar-refractivity contribution in [3.05, 3.63) is 0 Å². The van der Waals surface area contributed by atoms with Crippen LogP contribution in [0.15, 0.2) is 0 Å². The average molecular weight is 360 g/mol. The van der Waals surface area contributed by atoms with Gasteiger partial charge in [0.15, 0.2) is 11.6 Å². The summed E-state index contributed by atoms with van der Waals surface area (Å²) in [5, 5.41) is 19.4. The van der Waals surface area contributed by atoms with Gasteiger partial charge in [0.1, 0.15) is 5.92 Å². The second-order valence-corrected chi connectivity index (χ2v) is 8.74. The number of hydrogen-bond donors (Lipinski definition) is 2. The first-order chi connectivity index (χ1) is 11.2. The molecular formula is C19H36O6. The quantitative estimate of drug-likeness (QED) is 0.579. The zero-order valence-corrected chi connectivity index (χ0v) is 17.0. The first-order valence-corrected chi connectivity index (χ1v) is 8.82. The second kappa shape index (κ2) is 9.76. The average Bonchev–Trinajstić information content (AvgIpc) is 2.48. The van der Waals surface area contributed by atoms with Crippen molar-refractivity contribution in [2.45, 2.75) is 73.7 Å². The molecule has 0 spiro atoms. The van der Waals surface area contributed by atoms with Gasteiger partial charge in [-0.2, -0.15) is 0 Å². The van der Waals surface area contributed by atoms with Crippen molar-refractivity contribution < 1.29 is 29.3 Å². The number of hydrogen-bond acceptors (Lipinski definition) is 6. The molecule has 25 heavy (non-hydrogen) atoms. The predicted octanol–water partition coefficient (Wildman–Crippen LogP) is 2.00. The molecule has 0 aromatic heterocycles. The summed E-state index contributed by atoms with van der Waals surface area (Å²) in [5.74, 6) is -1.70. The van der Waals surface area contributed by atoms with Crippen LogP contribution < -0.4 is 0 Å². The molecule has 0 fully saturated rings. The molecule has 0 aromatic rings. The third-order valence-electron chi connectivity index (χ3n) is 3.85. The molecule has 6 heteroatoms. The normalized spacial score (nSPS) is 16.6. The summed E-state index contributed by atoms with van der Waals surface area (Å²) in [6.07, 6.45) is -1.84. The Kier molecular flexibility index (Phi) is 9.44. The second-order valence-electron chi connectivity index (χ2n) is 8.74. The minimum Gasteiger partial charge on any atom is -0.394 e. The molecule has 0 aliphatic carbocycles. The molecule has 0 saturated heterocycles. The minimum absolute atomic E-state index is 0.0857. The third-order valence-corrected chi connectivity index (χ3v) is 3.85. The van der Waals surface area contributed by atoms with Crippen LogP contribution in [0.5, 0.6) is 0 Å². The van der Waals surface area contributed by atoms with Gasteiger partial charge in [0.2, 0.25) is 0 Å². The highest BCUT2D eigenvalue weighted by Gasteiger charge is 2.43. The Morgan fingerprint density at radius 1 is 0.840 bits per heavy atom. The Bertz CT molecular complexity index is 406. The fourth-order valence-electron chi connectivity index (χ4n) is 2.16. The van der Waals surface area contributed by atoms with E-state index in [1.54, 1.807) is 55.4 Å². The molecule has 3 atom stereocenters. The van der Waals surface area contributed by atoms with E-state index in [0.717, 1.165) is 0 Å². The van der Waals surface area contributed by atoms with Crippen molar-refractivity contribution in [3.63, 3.8) is 0 Å². The number of aliphatic hydroxyl groups excluding tert-OH is 2. The summed E-state index contributed by atoms with van der Waals surface area (Å²) in [4.78, 5) is 25.4. The molecular weight excluding hydrogens is 324 g/mol. The highest BCUT2D eigenvalue weighted by Crippen LogP contribution is 2.29. The summed E-state index contributed by atoms with van der Waals surface area (Å²) in [6, 6.07) is 0. The standard InChI is InChI=1S/C19H36O6/c1-12(9-20)24-10-13(2)25-11-14(21)15(16(22)18(3,4)5)17(23)19(6,7)8/h12-15,20-21H,9-11H2,1-8H3. The Balaban J connectivity index is 4.98. The predicted molar refractivity (Wildman–Crippen MR) is 96.3 cm³/mol. The van der Waals surface area contributed by atoms with E-state index in [1.165, 1.54) is 0 Å². The van der Waals surface area contributed by atoms with Crippen LogP contribution in [0, 0.1) is 16.7 Å². The van der Waals surface area contributed by atoms with Gasteiger partial charge in [0.25, 0.3) is 0 Å². The summed E-state index contributed by atoms with van der Waals surface area (Å²) in [5.41, 5.74) is -1.48. The molecule has 0 aliphatic heterocycles. The van der Waals surface area contributed by atoms with E-state index in [-0.39, 0.29) is 43.6 Å². The van der Waals surface area contributed by atoms with Gasteiger partial charge < -0.3 is 19.7 Å². The van der Waals surface area contributed by atoms with Crippen LogP contribution in [0.2, 0.25) is 0 Å². The van der Waals surface area contributed by atoms with E-state index in [1.807, 2.05) is 0 Å². The summed E-state index contributed by atoms with van der Waals surface area (Å²) >= 11 is 0. The monoisotopic (exact) mass is 360 g/mol. The Hall–Kier alpha value is -0.820. The Morgan fingerprint density at radius 3 is 1.60 bits per heavy atom. The smallest absolute Gasteiger partial charge is 0.151 e. The Labute approximate surface area is 151 Å². The van der Waals surface area contributed by atoms with E-state index in [0.29, 0.717) is 0 Å². The van der Waals surface area contributed by atoms with E-state index < -0.39 is 22.9 Å². The third kappa shape index (κ3) is 8.40. The number of carbonyl (C=O) groups excluding carboxylic acids is 2. The lowest BCUT2D eigenvalue weighted by Gasteiger charge is -2.32. The highest BCUT2D eigenvalue weighted by atomic mass is 16.5. The van der Waals surface area contributed by atoms with Crippen molar-refractivity contribution in [1.29, 1.82) is 0 Å². The number of aliphatic hydroxyl groups is 2. The molecule has 0 rings (SSSR count). The van der Waals surface area contributed by atoms with E-state index in [2.05, 4.69) is 0 Å². The molecule has 0 saturated carbocycles. The number of rotatable bonds is 10. The highest BCUT2D eigenvalue weighted by molar-refractivity contribution is 6.06. The van der Waals surface area contributed by atoms with Gasteiger partial charge in [-0.05, 0) is 13.8 Å². The van der Waals surface area contributed by atoms with Crippen LogP contribution in [0.1, 0.15) is 55.4 Å². The lowest BCUT2D eigenvalue weighted by atomic mass is 9.72. The van der Waals surface area contributed by atoms with Gasteiger partial charge in [-0.1, -0.05) is 41.5 Å². The van der Waals surface area contributed by atoms with E-state index in [4.69, 9.17) is 14.6 Å². The molecule has 148 valence electrons. The molecule has 3 unspecified atom stereocenters. The lowest BCUT2D eigenvalue weighted by molar-refractivity contribution is -0.150. The van der Waals surface area contributed by atoms with Crippen LogP contribution >= 0.6 is 0 Å². The zero-order chi connectivity index (χ0) is 20.0. The molecule has 0 aliphatic rings. The van der Waals surface area contributed by atoms with Gasteiger partial charge in [-0.25, -0.2) is 0 Å². The molecule has 2 N–H and O–H groups in total. The van der Waals surface area contributed by atoms with Crippen molar-refractivity contribution in [2.75, 3.05) is 19.8 Å². The van der Waals surface area contributed by atoms with Crippen LogP contribution in [0.25, 0.3) is 0 Å². The van der Waals surface area contributed by atoms with Crippen molar-refractivity contribution in [2.24, 2.45) is 16.7 Å². The van der Waals surface area contributed by atoms with E-state index in [9.17, 15) is 14.7 Å².